The Labute approximate surface area is 100 Å². The van der Waals surface area contributed by atoms with Crippen molar-refractivity contribution in [2.75, 3.05) is 0 Å². The highest BCUT2D eigenvalue weighted by atomic mass is 16.4. The molecule has 4 atom stereocenters. The molecule has 5 heteroatoms. The van der Waals surface area contributed by atoms with Crippen LogP contribution in [0.5, 0.6) is 0 Å². The van der Waals surface area contributed by atoms with Gasteiger partial charge in [-0.25, -0.2) is 4.79 Å². The van der Waals surface area contributed by atoms with Crippen molar-refractivity contribution in [3.63, 3.8) is 0 Å². The molecule has 5 nitrogen and oxygen atoms in total. The molecular formula is C12H19NO4. The van der Waals surface area contributed by atoms with Crippen molar-refractivity contribution < 1.29 is 19.8 Å². The lowest BCUT2D eigenvalue weighted by Crippen LogP contribution is -2.51. The lowest BCUT2D eigenvalue weighted by molar-refractivity contribution is -0.156. The summed E-state index contributed by atoms with van der Waals surface area (Å²) in [4.78, 5) is 24.6. The molecule has 96 valence electrons. The zero-order valence-electron chi connectivity index (χ0n) is 10.4. The van der Waals surface area contributed by atoms with Gasteiger partial charge in [-0.15, -0.1) is 0 Å². The minimum absolute atomic E-state index is 0.0422. The predicted molar refractivity (Wildman–Crippen MR) is 60.2 cm³/mol. The SMILES string of the molecule is CC(C)(C)[C@@H](O)C(=O)N1[C@H](C(=O)O)C[C@@H]2C[C@@H]21. The quantitative estimate of drug-likeness (QED) is 0.736. The fraction of sp³-hybridized carbons (Fsp3) is 0.833. The van der Waals surface area contributed by atoms with Crippen LogP contribution in [0.4, 0.5) is 0 Å². The highest BCUT2D eigenvalue weighted by Gasteiger charge is 2.57. The fourth-order valence-corrected chi connectivity index (χ4v) is 2.51. The molecule has 1 amide bonds. The number of hydrogen-bond donors (Lipinski definition) is 2. The van der Waals surface area contributed by atoms with Crippen LogP contribution < -0.4 is 0 Å². The van der Waals surface area contributed by atoms with Crippen molar-refractivity contribution in [3.05, 3.63) is 0 Å². The van der Waals surface area contributed by atoms with Crippen molar-refractivity contribution in [1.29, 1.82) is 0 Å². The molecule has 0 aromatic rings. The van der Waals surface area contributed by atoms with Gasteiger partial charge in [0.25, 0.3) is 5.91 Å². The van der Waals surface area contributed by atoms with Crippen LogP contribution in [-0.2, 0) is 9.59 Å². The highest BCUT2D eigenvalue weighted by molar-refractivity contribution is 5.88. The molecule has 0 radical (unpaired) electrons. The number of fused-ring (bicyclic) bond motifs is 1. The molecule has 0 bridgehead atoms. The number of piperidine rings is 1. The Kier molecular flexibility index (Phi) is 2.69. The molecule has 2 N–H and O–H groups in total. The largest absolute Gasteiger partial charge is 0.480 e. The van der Waals surface area contributed by atoms with E-state index in [2.05, 4.69) is 0 Å². The second-order valence-corrected chi connectivity index (χ2v) is 6.17. The zero-order valence-corrected chi connectivity index (χ0v) is 10.4. The number of carbonyl (C=O) groups excluding carboxylic acids is 1. The van der Waals surface area contributed by atoms with Gasteiger partial charge < -0.3 is 15.1 Å². The summed E-state index contributed by atoms with van der Waals surface area (Å²) >= 11 is 0. The molecule has 2 fully saturated rings. The topological polar surface area (TPSA) is 77.8 Å². The third-order valence-electron chi connectivity index (χ3n) is 3.70. The van der Waals surface area contributed by atoms with E-state index in [0.717, 1.165) is 6.42 Å². The standard InChI is InChI=1S/C12H19NO4/c1-12(2,3)9(14)10(15)13-7-4-6(7)5-8(13)11(16)17/h6-9,14H,4-5H2,1-3H3,(H,16,17)/t6-,7-,8-,9-/m0/s1. The summed E-state index contributed by atoms with van der Waals surface area (Å²) in [5.74, 6) is -1.08. The molecule has 1 saturated carbocycles. The van der Waals surface area contributed by atoms with Crippen LogP contribution in [0, 0.1) is 11.3 Å². The van der Waals surface area contributed by atoms with Crippen molar-refractivity contribution >= 4 is 11.9 Å². The summed E-state index contributed by atoms with van der Waals surface area (Å²) in [6.45, 7) is 5.31. The average Bonchev–Trinajstić information content (AvgIpc) is 2.86. The smallest absolute Gasteiger partial charge is 0.326 e. The molecule has 1 saturated heterocycles. The fourth-order valence-electron chi connectivity index (χ4n) is 2.51. The first-order valence-electron chi connectivity index (χ1n) is 5.96. The van der Waals surface area contributed by atoms with E-state index in [0.29, 0.717) is 12.3 Å². The second kappa shape index (κ2) is 3.70. The molecule has 1 aliphatic carbocycles. The maximum atomic E-state index is 12.2. The summed E-state index contributed by atoms with van der Waals surface area (Å²) < 4.78 is 0. The van der Waals surface area contributed by atoms with Crippen molar-refractivity contribution in [3.8, 4) is 0 Å². The van der Waals surface area contributed by atoms with Gasteiger partial charge in [0.05, 0.1) is 0 Å². The number of nitrogens with zero attached hydrogens (tertiary/aromatic N) is 1. The van der Waals surface area contributed by atoms with Crippen LogP contribution in [0.1, 0.15) is 33.6 Å². The summed E-state index contributed by atoms with van der Waals surface area (Å²) in [5, 5.41) is 19.0. The molecule has 0 spiro atoms. The minimum Gasteiger partial charge on any atom is -0.480 e. The molecule has 1 heterocycles. The number of carboxylic acid groups (broad SMARTS) is 1. The number of rotatable bonds is 2. The van der Waals surface area contributed by atoms with Crippen LogP contribution in [0.25, 0.3) is 0 Å². The van der Waals surface area contributed by atoms with Crippen LogP contribution in [-0.4, -0.2) is 45.2 Å². The normalized spacial score (nSPS) is 33.2. The Hall–Kier alpha value is -1.10. The Morgan fingerprint density at radius 2 is 1.88 bits per heavy atom. The number of carboxylic acids is 1. The summed E-state index contributed by atoms with van der Waals surface area (Å²) in [6, 6.07) is -0.705. The third kappa shape index (κ3) is 2.04. The Bertz CT molecular complexity index is 360. The second-order valence-electron chi connectivity index (χ2n) is 6.17. The molecule has 0 aromatic heterocycles. The third-order valence-corrected chi connectivity index (χ3v) is 3.70. The number of aliphatic hydroxyl groups excluding tert-OH is 1. The lowest BCUT2D eigenvalue weighted by Gasteiger charge is -2.32. The monoisotopic (exact) mass is 241 g/mol. The summed E-state index contributed by atoms with van der Waals surface area (Å²) in [7, 11) is 0. The lowest BCUT2D eigenvalue weighted by atomic mass is 9.88. The highest BCUT2D eigenvalue weighted by Crippen LogP contribution is 2.48. The average molecular weight is 241 g/mol. The first kappa shape index (κ1) is 12.4. The van der Waals surface area contributed by atoms with E-state index in [4.69, 9.17) is 5.11 Å². The molecular weight excluding hydrogens is 222 g/mol. The number of amides is 1. The van der Waals surface area contributed by atoms with Crippen molar-refractivity contribution in [2.45, 2.75) is 51.8 Å². The summed E-state index contributed by atoms with van der Waals surface area (Å²) in [5.41, 5.74) is -0.562. The van der Waals surface area contributed by atoms with Gasteiger partial charge >= 0.3 is 5.97 Å². The number of hydrogen-bond acceptors (Lipinski definition) is 3. The predicted octanol–water partition coefficient (Wildman–Crippen LogP) is 0.467. The number of aliphatic carboxylic acids is 1. The van der Waals surface area contributed by atoms with Crippen LogP contribution in [0.2, 0.25) is 0 Å². The van der Waals surface area contributed by atoms with E-state index < -0.39 is 29.4 Å². The van der Waals surface area contributed by atoms with Crippen LogP contribution in [0.3, 0.4) is 0 Å². The van der Waals surface area contributed by atoms with E-state index in [9.17, 15) is 14.7 Å². The van der Waals surface area contributed by atoms with Gasteiger partial charge in [-0.3, -0.25) is 4.79 Å². The van der Waals surface area contributed by atoms with Gasteiger partial charge in [-0.05, 0) is 24.2 Å². The maximum absolute atomic E-state index is 12.2. The van der Waals surface area contributed by atoms with Crippen molar-refractivity contribution in [2.24, 2.45) is 11.3 Å². The van der Waals surface area contributed by atoms with E-state index in [1.165, 1.54) is 4.90 Å². The molecule has 2 rings (SSSR count). The first-order valence-corrected chi connectivity index (χ1v) is 5.96. The van der Waals surface area contributed by atoms with Crippen LogP contribution >= 0.6 is 0 Å². The van der Waals surface area contributed by atoms with E-state index in [-0.39, 0.29) is 6.04 Å². The first-order chi connectivity index (χ1) is 7.73. The zero-order chi connectivity index (χ0) is 13.0. The van der Waals surface area contributed by atoms with Crippen molar-refractivity contribution in [1.82, 2.24) is 4.90 Å². The maximum Gasteiger partial charge on any atom is 0.326 e. The number of likely N-dealkylation sites (tertiary alicyclic amines) is 1. The number of aliphatic hydroxyl groups is 1. The Balaban J connectivity index is 2.15. The van der Waals surface area contributed by atoms with Gasteiger partial charge in [-0.1, -0.05) is 20.8 Å². The van der Waals surface area contributed by atoms with Crippen LogP contribution in [0.15, 0.2) is 0 Å². The van der Waals surface area contributed by atoms with Gasteiger partial charge in [0.2, 0.25) is 0 Å². The number of carbonyl (C=O) groups is 2. The van der Waals surface area contributed by atoms with Gasteiger partial charge in [0.1, 0.15) is 12.1 Å². The molecule has 0 aromatic carbocycles. The Morgan fingerprint density at radius 3 is 2.35 bits per heavy atom. The minimum atomic E-state index is -1.14. The van der Waals surface area contributed by atoms with Gasteiger partial charge in [0.15, 0.2) is 0 Å². The molecule has 0 unspecified atom stereocenters. The summed E-state index contributed by atoms with van der Waals surface area (Å²) in [6.07, 6.45) is 0.276. The van der Waals surface area contributed by atoms with E-state index in [1.54, 1.807) is 20.8 Å². The molecule has 2 aliphatic rings. The Morgan fingerprint density at radius 1 is 1.29 bits per heavy atom. The van der Waals surface area contributed by atoms with Gasteiger partial charge in [-0.2, -0.15) is 0 Å². The van der Waals surface area contributed by atoms with E-state index >= 15 is 0 Å². The van der Waals surface area contributed by atoms with E-state index in [1.807, 2.05) is 0 Å². The molecule has 1 aliphatic heterocycles. The van der Waals surface area contributed by atoms with Gasteiger partial charge in [0, 0.05) is 6.04 Å². The molecule has 17 heavy (non-hydrogen) atoms.